The molecule has 2 rings (SSSR count). The topological polar surface area (TPSA) is 54.0 Å². The summed E-state index contributed by atoms with van der Waals surface area (Å²) in [6.45, 7) is 10.2. The van der Waals surface area contributed by atoms with Crippen molar-refractivity contribution in [3.63, 3.8) is 0 Å². The van der Waals surface area contributed by atoms with Gasteiger partial charge in [-0.3, -0.25) is 4.79 Å². The molecule has 1 heterocycles. The number of esters is 1. The lowest BCUT2D eigenvalue weighted by Gasteiger charge is -2.42. The Balaban J connectivity index is 2.14. The SMILES string of the molecule is CCOC(=O)CCCOc1c(F)cc(B2OC(CC)(CC)C(CC)(CC)O2)cc1F. The van der Waals surface area contributed by atoms with Crippen LogP contribution in [-0.2, 0) is 18.8 Å². The molecule has 0 saturated carbocycles. The van der Waals surface area contributed by atoms with Crippen LogP contribution in [0.2, 0.25) is 0 Å². The molecule has 1 saturated heterocycles. The molecule has 5 nitrogen and oxygen atoms in total. The Hall–Kier alpha value is -1.67. The summed E-state index contributed by atoms with van der Waals surface area (Å²) >= 11 is 0. The van der Waals surface area contributed by atoms with Gasteiger partial charge in [0.05, 0.1) is 24.4 Å². The molecule has 0 N–H and O–H groups in total. The fourth-order valence-electron chi connectivity index (χ4n) is 4.38. The molecular formula is C22H33BF2O5. The van der Waals surface area contributed by atoms with Crippen LogP contribution in [0.5, 0.6) is 5.75 Å². The molecule has 0 amide bonds. The number of hydrogen-bond acceptors (Lipinski definition) is 5. The highest BCUT2D eigenvalue weighted by Gasteiger charge is 2.58. The molecule has 1 aromatic carbocycles. The summed E-state index contributed by atoms with van der Waals surface area (Å²) < 4.78 is 51.8. The molecule has 1 aliphatic rings. The van der Waals surface area contributed by atoms with E-state index < -0.39 is 35.7 Å². The van der Waals surface area contributed by atoms with E-state index in [1.54, 1.807) is 6.92 Å². The van der Waals surface area contributed by atoms with E-state index in [0.29, 0.717) is 18.5 Å². The van der Waals surface area contributed by atoms with Gasteiger partial charge in [0.15, 0.2) is 17.4 Å². The summed E-state index contributed by atoms with van der Waals surface area (Å²) in [4.78, 5) is 11.3. The molecular weight excluding hydrogens is 393 g/mol. The average molecular weight is 426 g/mol. The fourth-order valence-corrected chi connectivity index (χ4v) is 4.38. The van der Waals surface area contributed by atoms with Gasteiger partial charge in [-0.25, -0.2) is 8.78 Å². The van der Waals surface area contributed by atoms with Crippen LogP contribution in [0.1, 0.15) is 73.1 Å². The lowest BCUT2D eigenvalue weighted by Crippen LogP contribution is -2.50. The third kappa shape index (κ3) is 4.80. The first kappa shape index (κ1) is 24.6. The number of benzene rings is 1. The van der Waals surface area contributed by atoms with Gasteiger partial charge >= 0.3 is 13.1 Å². The first-order chi connectivity index (χ1) is 14.3. The highest BCUT2D eigenvalue weighted by Crippen LogP contribution is 2.46. The van der Waals surface area contributed by atoms with E-state index in [1.807, 2.05) is 27.7 Å². The molecule has 0 radical (unpaired) electrons. The standard InChI is InChI=1S/C22H33BF2O5/c1-6-21(7-2)22(8-3,9-4)30-23(29-21)16-14-17(24)20(18(25)15-16)28-13-11-12-19(26)27-10-5/h14-15H,6-13H2,1-5H3. The van der Waals surface area contributed by atoms with Crippen LogP contribution in [0.3, 0.4) is 0 Å². The second kappa shape index (κ2) is 10.6. The van der Waals surface area contributed by atoms with E-state index in [-0.39, 0.29) is 19.0 Å². The van der Waals surface area contributed by atoms with Crippen molar-refractivity contribution in [1.29, 1.82) is 0 Å². The Morgan fingerprint density at radius 1 is 0.967 bits per heavy atom. The Bertz CT molecular complexity index is 676. The second-order valence-electron chi connectivity index (χ2n) is 7.54. The van der Waals surface area contributed by atoms with E-state index in [4.69, 9.17) is 18.8 Å². The molecule has 0 bridgehead atoms. The van der Waals surface area contributed by atoms with Gasteiger partial charge < -0.3 is 18.8 Å². The first-order valence-corrected chi connectivity index (χ1v) is 10.9. The van der Waals surface area contributed by atoms with Crippen LogP contribution in [-0.4, -0.2) is 37.5 Å². The molecule has 168 valence electrons. The first-order valence-electron chi connectivity index (χ1n) is 10.9. The fraction of sp³-hybridized carbons (Fsp3) is 0.682. The van der Waals surface area contributed by atoms with E-state index >= 15 is 0 Å². The second-order valence-corrected chi connectivity index (χ2v) is 7.54. The highest BCUT2D eigenvalue weighted by molar-refractivity contribution is 6.62. The maximum atomic E-state index is 14.6. The van der Waals surface area contributed by atoms with E-state index in [9.17, 15) is 13.6 Å². The van der Waals surface area contributed by atoms with Gasteiger partial charge in [-0.15, -0.1) is 0 Å². The van der Waals surface area contributed by atoms with Crippen molar-refractivity contribution in [2.45, 2.75) is 84.3 Å². The minimum atomic E-state index is -0.841. The number of carbonyl (C=O) groups excluding carboxylic acids is 1. The molecule has 30 heavy (non-hydrogen) atoms. The average Bonchev–Trinajstić information content (AvgIpc) is 3.08. The minimum absolute atomic E-state index is 0.00594. The normalized spacial score (nSPS) is 17.2. The predicted octanol–water partition coefficient (Wildman–Crippen LogP) is 4.55. The zero-order valence-electron chi connectivity index (χ0n) is 18.7. The molecule has 0 spiro atoms. The van der Waals surface area contributed by atoms with Crippen LogP contribution < -0.4 is 10.2 Å². The molecule has 1 aliphatic heterocycles. The Labute approximate surface area is 178 Å². The molecule has 1 fully saturated rings. The van der Waals surface area contributed by atoms with Crippen molar-refractivity contribution in [2.75, 3.05) is 13.2 Å². The van der Waals surface area contributed by atoms with E-state index in [1.165, 1.54) is 12.1 Å². The van der Waals surface area contributed by atoms with Gasteiger partial charge in [0.1, 0.15) is 0 Å². The maximum Gasteiger partial charge on any atom is 0.495 e. The Morgan fingerprint density at radius 3 is 1.90 bits per heavy atom. The van der Waals surface area contributed by atoms with Crippen LogP contribution in [0, 0.1) is 11.6 Å². The molecule has 8 heteroatoms. The van der Waals surface area contributed by atoms with Gasteiger partial charge in [0.2, 0.25) is 0 Å². The minimum Gasteiger partial charge on any atom is -0.488 e. The largest absolute Gasteiger partial charge is 0.495 e. The van der Waals surface area contributed by atoms with Gasteiger partial charge in [0.25, 0.3) is 0 Å². The third-order valence-corrected chi connectivity index (χ3v) is 6.15. The smallest absolute Gasteiger partial charge is 0.488 e. The van der Waals surface area contributed by atoms with Crippen molar-refractivity contribution in [2.24, 2.45) is 0 Å². The summed E-state index contributed by atoms with van der Waals surface area (Å²) in [5.41, 5.74) is -0.716. The number of carbonyl (C=O) groups is 1. The highest BCUT2D eigenvalue weighted by atomic mass is 19.1. The molecule has 0 aliphatic carbocycles. The zero-order chi connectivity index (χ0) is 22.4. The van der Waals surface area contributed by atoms with Crippen molar-refractivity contribution in [3.05, 3.63) is 23.8 Å². The molecule has 0 aromatic heterocycles. The van der Waals surface area contributed by atoms with Gasteiger partial charge in [-0.2, -0.15) is 0 Å². The maximum absolute atomic E-state index is 14.6. The lowest BCUT2D eigenvalue weighted by atomic mass is 9.75. The summed E-state index contributed by atoms with van der Waals surface area (Å²) in [5.74, 6) is -2.47. The van der Waals surface area contributed by atoms with Gasteiger partial charge in [0, 0.05) is 6.42 Å². The predicted molar refractivity (Wildman–Crippen MR) is 112 cm³/mol. The van der Waals surface area contributed by atoms with Crippen molar-refractivity contribution < 1.29 is 32.4 Å². The van der Waals surface area contributed by atoms with Crippen LogP contribution in [0.15, 0.2) is 12.1 Å². The van der Waals surface area contributed by atoms with Crippen LogP contribution >= 0.6 is 0 Å². The van der Waals surface area contributed by atoms with Crippen molar-refractivity contribution in [1.82, 2.24) is 0 Å². The Morgan fingerprint density at radius 2 is 1.47 bits per heavy atom. The van der Waals surface area contributed by atoms with Crippen molar-refractivity contribution in [3.8, 4) is 5.75 Å². The monoisotopic (exact) mass is 426 g/mol. The number of halogens is 2. The summed E-state index contributed by atoms with van der Waals surface area (Å²) in [5, 5.41) is 0. The summed E-state index contributed by atoms with van der Waals surface area (Å²) in [6.07, 6.45) is 3.41. The zero-order valence-corrected chi connectivity index (χ0v) is 18.7. The number of ether oxygens (including phenoxy) is 2. The molecule has 1 aromatic rings. The number of rotatable bonds is 11. The quantitative estimate of drug-likeness (QED) is 0.295. The summed E-state index contributed by atoms with van der Waals surface area (Å²) in [6, 6.07) is 2.40. The lowest BCUT2D eigenvalue weighted by molar-refractivity contribution is -0.143. The third-order valence-electron chi connectivity index (χ3n) is 6.15. The van der Waals surface area contributed by atoms with Crippen LogP contribution in [0.4, 0.5) is 8.78 Å². The van der Waals surface area contributed by atoms with Crippen molar-refractivity contribution >= 4 is 18.6 Å². The van der Waals surface area contributed by atoms with E-state index in [0.717, 1.165) is 25.7 Å². The van der Waals surface area contributed by atoms with Crippen LogP contribution in [0.25, 0.3) is 0 Å². The molecule has 0 unspecified atom stereocenters. The van der Waals surface area contributed by atoms with E-state index in [2.05, 4.69) is 0 Å². The molecule has 0 atom stereocenters. The summed E-state index contributed by atoms with van der Waals surface area (Å²) in [7, 11) is -0.841. The Kier molecular flexibility index (Phi) is 8.67. The van der Waals surface area contributed by atoms with Gasteiger partial charge in [-0.1, -0.05) is 27.7 Å². The number of hydrogen-bond donors (Lipinski definition) is 0. The van der Waals surface area contributed by atoms with Gasteiger partial charge in [-0.05, 0) is 56.6 Å².